The Morgan fingerprint density at radius 3 is 2.76 bits per heavy atom. The van der Waals surface area contributed by atoms with Gasteiger partial charge >= 0.3 is 5.97 Å². The SMILES string of the molecule is CS(=O)(=O)Cc1nc2cccc(C(=O)O)n2n1. The molecule has 17 heavy (non-hydrogen) atoms. The minimum absolute atomic E-state index is 0.0604. The molecule has 0 aromatic carbocycles. The third kappa shape index (κ3) is 2.41. The second-order valence-corrected chi connectivity index (χ2v) is 5.72. The molecule has 0 saturated heterocycles. The highest BCUT2D eigenvalue weighted by Crippen LogP contribution is 2.07. The second-order valence-electron chi connectivity index (χ2n) is 3.58. The number of carboxylic acid groups (broad SMARTS) is 1. The van der Waals surface area contributed by atoms with Gasteiger partial charge in [0.15, 0.2) is 27.0 Å². The van der Waals surface area contributed by atoms with E-state index in [9.17, 15) is 13.2 Å². The van der Waals surface area contributed by atoms with Crippen LogP contribution in [0, 0.1) is 0 Å². The standard InChI is InChI=1S/C9H9N3O4S/c1-17(15,16)5-7-10-8-4-2-3-6(9(13)14)12(8)11-7/h2-4H,5H2,1H3,(H,13,14). The summed E-state index contributed by atoms with van der Waals surface area (Å²) < 4.78 is 23.3. The Balaban J connectivity index is 2.58. The largest absolute Gasteiger partial charge is 0.477 e. The Morgan fingerprint density at radius 2 is 2.18 bits per heavy atom. The number of rotatable bonds is 3. The van der Waals surface area contributed by atoms with Crippen molar-refractivity contribution >= 4 is 21.5 Å². The van der Waals surface area contributed by atoms with Gasteiger partial charge in [-0.1, -0.05) is 6.07 Å². The number of aromatic carboxylic acids is 1. The van der Waals surface area contributed by atoms with Crippen molar-refractivity contribution in [1.29, 1.82) is 0 Å². The van der Waals surface area contributed by atoms with E-state index < -0.39 is 15.8 Å². The predicted octanol–water partition coefficient (Wildman–Crippen LogP) is -0.0279. The van der Waals surface area contributed by atoms with Gasteiger partial charge in [0.2, 0.25) is 0 Å². The smallest absolute Gasteiger partial charge is 0.354 e. The number of hydrogen-bond donors (Lipinski definition) is 1. The molecule has 0 radical (unpaired) electrons. The number of aromatic nitrogens is 3. The van der Waals surface area contributed by atoms with E-state index in [2.05, 4.69) is 10.1 Å². The van der Waals surface area contributed by atoms with Crippen LogP contribution in [0.1, 0.15) is 16.3 Å². The van der Waals surface area contributed by atoms with Gasteiger partial charge in [-0.15, -0.1) is 5.10 Å². The maximum Gasteiger partial charge on any atom is 0.354 e. The summed E-state index contributed by atoms with van der Waals surface area (Å²) >= 11 is 0. The molecule has 0 spiro atoms. The molecule has 0 aliphatic heterocycles. The molecule has 0 atom stereocenters. The molecule has 2 heterocycles. The van der Waals surface area contributed by atoms with Crippen LogP contribution in [-0.4, -0.2) is 40.3 Å². The number of fused-ring (bicyclic) bond motifs is 1. The number of pyridine rings is 1. The van der Waals surface area contributed by atoms with E-state index in [1.165, 1.54) is 12.1 Å². The van der Waals surface area contributed by atoms with Crippen molar-refractivity contribution in [3.8, 4) is 0 Å². The van der Waals surface area contributed by atoms with Crippen molar-refractivity contribution in [2.45, 2.75) is 5.75 Å². The predicted molar refractivity (Wildman–Crippen MR) is 58.5 cm³/mol. The molecule has 2 rings (SSSR count). The van der Waals surface area contributed by atoms with Crippen LogP contribution < -0.4 is 0 Å². The third-order valence-corrected chi connectivity index (χ3v) is 2.80. The number of hydrogen-bond acceptors (Lipinski definition) is 5. The van der Waals surface area contributed by atoms with Crippen molar-refractivity contribution < 1.29 is 18.3 Å². The van der Waals surface area contributed by atoms with Gasteiger partial charge in [-0.2, -0.15) is 0 Å². The molecule has 2 aromatic heterocycles. The fraction of sp³-hybridized carbons (Fsp3) is 0.222. The summed E-state index contributed by atoms with van der Waals surface area (Å²) in [5.74, 6) is -1.37. The Bertz CT molecular complexity index is 689. The van der Waals surface area contributed by atoms with Crippen LogP contribution in [-0.2, 0) is 15.6 Å². The number of carbonyl (C=O) groups is 1. The lowest BCUT2D eigenvalue weighted by Gasteiger charge is -1.96. The van der Waals surface area contributed by atoms with E-state index in [1.807, 2.05) is 0 Å². The molecule has 0 saturated carbocycles. The minimum atomic E-state index is -3.24. The highest BCUT2D eigenvalue weighted by atomic mass is 32.2. The lowest BCUT2D eigenvalue weighted by molar-refractivity contribution is 0.0687. The third-order valence-electron chi connectivity index (χ3n) is 2.01. The summed E-state index contributed by atoms with van der Waals surface area (Å²) in [6.45, 7) is 0. The molecule has 7 nitrogen and oxygen atoms in total. The zero-order valence-electron chi connectivity index (χ0n) is 8.86. The monoisotopic (exact) mass is 255 g/mol. The molecular weight excluding hydrogens is 246 g/mol. The Morgan fingerprint density at radius 1 is 1.47 bits per heavy atom. The van der Waals surface area contributed by atoms with E-state index in [4.69, 9.17) is 5.11 Å². The molecule has 0 amide bonds. The molecule has 0 fully saturated rings. The van der Waals surface area contributed by atoms with Gasteiger partial charge in [0.25, 0.3) is 0 Å². The summed E-state index contributed by atoms with van der Waals surface area (Å²) in [6.07, 6.45) is 1.07. The first kappa shape index (κ1) is 11.5. The molecule has 0 unspecified atom stereocenters. The van der Waals surface area contributed by atoms with Gasteiger partial charge in [-0.25, -0.2) is 22.7 Å². The van der Waals surface area contributed by atoms with E-state index in [0.29, 0.717) is 5.65 Å². The lowest BCUT2D eigenvalue weighted by Crippen LogP contribution is -2.06. The van der Waals surface area contributed by atoms with Crippen LogP contribution in [0.4, 0.5) is 0 Å². The van der Waals surface area contributed by atoms with Crippen molar-refractivity contribution in [3.05, 3.63) is 29.7 Å². The van der Waals surface area contributed by atoms with E-state index in [-0.39, 0.29) is 17.3 Å². The number of carboxylic acids is 1. The summed E-state index contributed by atoms with van der Waals surface area (Å²) in [5.41, 5.74) is 0.248. The number of sulfone groups is 1. The first-order valence-electron chi connectivity index (χ1n) is 4.62. The average molecular weight is 255 g/mol. The maximum absolute atomic E-state index is 11.1. The average Bonchev–Trinajstić information content (AvgIpc) is 2.55. The van der Waals surface area contributed by atoms with E-state index >= 15 is 0 Å². The highest BCUT2D eigenvalue weighted by molar-refractivity contribution is 7.89. The molecule has 0 bridgehead atoms. The van der Waals surface area contributed by atoms with Crippen LogP contribution >= 0.6 is 0 Å². The van der Waals surface area contributed by atoms with E-state index in [0.717, 1.165) is 10.8 Å². The van der Waals surface area contributed by atoms with Crippen molar-refractivity contribution in [1.82, 2.24) is 14.6 Å². The van der Waals surface area contributed by atoms with Crippen LogP contribution in [0.5, 0.6) is 0 Å². The molecule has 0 aliphatic rings. The number of nitrogens with zero attached hydrogens (tertiary/aromatic N) is 3. The summed E-state index contributed by atoms with van der Waals surface area (Å²) in [5, 5.41) is 12.8. The van der Waals surface area contributed by atoms with Gasteiger partial charge in [-0.05, 0) is 12.1 Å². The highest BCUT2D eigenvalue weighted by Gasteiger charge is 2.14. The minimum Gasteiger partial charge on any atom is -0.477 e. The normalized spacial score (nSPS) is 11.8. The zero-order valence-corrected chi connectivity index (χ0v) is 9.68. The molecule has 1 N–H and O–H groups in total. The molecule has 8 heteroatoms. The Kier molecular flexibility index (Phi) is 2.58. The Labute approximate surface area is 96.6 Å². The topological polar surface area (TPSA) is 102 Å². The zero-order chi connectivity index (χ0) is 12.6. The molecule has 0 aliphatic carbocycles. The van der Waals surface area contributed by atoms with Crippen LogP contribution in [0.2, 0.25) is 0 Å². The Hall–Kier alpha value is -1.96. The second kappa shape index (κ2) is 3.81. The van der Waals surface area contributed by atoms with Gasteiger partial charge in [0.05, 0.1) is 0 Å². The lowest BCUT2D eigenvalue weighted by atomic mass is 10.3. The summed E-state index contributed by atoms with van der Waals surface area (Å²) in [7, 11) is -3.24. The molecule has 90 valence electrons. The molecular formula is C9H9N3O4S. The first-order chi connectivity index (χ1) is 7.87. The maximum atomic E-state index is 11.1. The van der Waals surface area contributed by atoms with Crippen molar-refractivity contribution in [2.24, 2.45) is 0 Å². The molecule has 2 aromatic rings. The fourth-order valence-corrected chi connectivity index (χ4v) is 2.00. The van der Waals surface area contributed by atoms with Gasteiger partial charge in [-0.3, -0.25) is 0 Å². The van der Waals surface area contributed by atoms with Crippen LogP contribution in [0.3, 0.4) is 0 Å². The van der Waals surface area contributed by atoms with Crippen molar-refractivity contribution in [2.75, 3.05) is 6.26 Å². The van der Waals surface area contributed by atoms with Crippen LogP contribution in [0.15, 0.2) is 18.2 Å². The summed E-state index contributed by atoms with van der Waals surface area (Å²) in [6, 6.07) is 4.46. The summed E-state index contributed by atoms with van der Waals surface area (Å²) in [4.78, 5) is 14.9. The van der Waals surface area contributed by atoms with Crippen LogP contribution in [0.25, 0.3) is 5.65 Å². The fourth-order valence-electron chi connectivity index (χ4n) is 1.41. The van der Waals surface area contributed by atoms with Gasteiger partial charge in [0.1, 0.15) is 5.75 Å². The quantitative estimate of drug-likeness (QED) is 0.826. The first-order valence-corrected chi connectivity index (χ1v) is 6.68. The van der Waals surface area contributed by atoms with Crippen molar-refractivity contribution in [3.63, 3.8) is 0 Å². The van der Waals surface area contributed by atoms with Gasteiger partial charge in [0, 0.05) is 6.26 Å². The van der Waals surface area contributed by atoms with Gasteiger partial charge < -0.3 is 5.11 Å². The van der Waals surface area contributed by atoms with E-state index in [1.54, 1.807) is 6.07 Å².